The number of rotatable bonds is 2. The van der Waals surface area contributed by atoms with Gasteiger partial charge in [-0.25, -0.2) is 4.39 Å². The molecule has 0 aliphatic heterocycles. The molecule has 0 unspecified atom stereocenters. The zero-order valence-electron chi connectivity index (χ0n) is 6.55. The summed E-state index contributed by atoms with van der Waals surface area (Å²) in [4.78, 5) is 0. The Bertz CT molecular complexity index is 235. The number of nitrogens with two attached hydrogens (primary N) is 1. The summed E-state index contributed by atoms with van der Waals surface area (Å²) in [6.45, 7) is 2.40. The van der Waals surface area contributed by atoms with E-state index in [1.807, 2.05) is 13.0 Å². The predicted molar refractivity (Wildman–Crippen MR) is 43.9 cm³/mol. The summed E-state index contributed by atoms with van der Waals surface area (Å²) in [5.41, 5.74) is 6.11. The highest BCUT2D eigenvalue weighted by atomic mass is 19.1. The Morgan fingerprint density at radius 3 is 2.64 bits per heavy atom. The lowest BCUT2D eigenvalue weighted by Crippen LogP contribution is -2.10. The van der Waals surface area contributed by atoms with Gasteiger partial charge in [-0.3, -0.25) is 0 Å². The van der Waals surface area contributed by atoms with Crippen molar-refractivity contribution in [3.63, 3.8) is 0 Å². The van der Waals surface area contributed by atoms with Gasteiger partial charge in [0.2, 0.25) is 0 Å². The van der Waals surface area contributed by atoms with Gasteiger partial charge in [-0.2, -0.15) is 0 Å². The number of halogens is 1. The third-order valence-electron chi connectivity index (χ3n) is 1.79. The van der Waals surface area contributed by atoms with Gasteiger partial charge in [-0.15, -0.1) is 0 Å². The minimum absolute atomic E-state index is 0.108. The Balaban J connectivity index is 2.93. The second-order valence-electron chi connectivity index (χ2n) is 2.66. The molecule has 0 bridgehead atoms. The first-order chi connectivity index (χ1) is 5.25. The first-order valence-corrected chi connectivity index (χ1v) is 3.70. The van der Waals surface area contributed by atoms with E-state index in [0.717, 1.165) is 0 Å². The van der Waals surface area contributed by atoms with Crippen LogP contribution in [-0.2, 0) is 0 Å². The molecule has 1 atom stereocenters. The number of hydrogen-bond donors (Lipinski definition) is 1. The molecule has 0 amide bonds. The predicted octanol–water partition coefficient (Wildman–Crippen LogP) is 1.89. The zero-order chi connectivity index (χ0) is 8.27. The fourth-order valence-corrected chi connectivity index (χ4v) is 1.00. The third-order valence-corrected chi connectivity index (χ3v) is 1.79. The molecule has 0 saturated heterocycles. The Hall–Kier alpha value is -0.890. The molecule has 0 saturated carbocycles. The second-order valence-corrected chi connectivity index (χ2v) is 2.66. The molecule has 0 aromatic heterocycles. The lowest BCUT2D eigenvalue weighted by Gasteiger charge is -2.08. The first-order valence-electron chi connectivity index (χ1n) is 3.70. The van der Waals surface area contributed by atoms with E-state index in [1.54, 1.807) is 12.1 Å². The third kappa shape index (κ3) is 1.77. The van der Waals surface area contributed by atoms with Crippen molar-refractivity contribution in [2.24, 2.45) is 5.73 Å². The number of hydrogen-bond acceptors (Lipinski definition) is 1. The fraction of sp³-hybridized carbons (Fsp3) is 0.333. The summed E-state index contributed by atoms with van der Waals surface area (Å²) in [5.74, 6) is -0.0540. The quantitative estimate of drug-likeness (QED) is 0.689. The average molecular weight is 153 g/mol. The minimum atomic E-state index is -0.162. The summed E-state index contributed by atoms with van der Waals surface area (Å²) < 4.78 is 13.0. The topological polar surface area (TPSA) is 26.0 Å². The SMILES string of the molecule is C[C@@H](CN)c1ccccc1F. The molecule has 1 aromatic carbocycles. The lowest BCUT2D eigenvalue weighted by molar-refractivity contribution is 0.590. The normalized spacial score (nSPS) is 13.0. The molecular weight excluding hydrogens is 141 g/mol. The molecule has 2 heteroatoms. The van der Waals surface area contributed by atoms with Gasteiger partial charge in [-0.1, -0.05) is 25.1 Å². The van der Waals surface area contributed by atoms with Gasteiger partial charge in [0.05, 0.1) is 0 Å². The van der Waals surface area contributed by atoms with Crippen molar-refractivity contribution in [1.29, 1.82) is 0 Å². The van der Waals surface area contributed by atoms with Crippen molar-refractivity contribution in [3.8, 4) is 0 Å². The van der Waals surface area contributed by atoms with Crippen molar-refractivity contribution in [1.82, 2.24) is 0 Å². The lowest BCUT2D eigenvalue weighted by atomic mass is 10.0. The van der Waals surface area contributed by atoms with Crippen molar-refractivity contribution in [2.75, 3.05) is 6.54 Å². The van der Waals surface area contributed by atoms with Crippen LogP contribution in [0.3, 0.4) is 0 Å². The molecule has 0 aliphatic rings. The maximum Gasteiger partial charge on any atom is 0.126 e. The fourth-order valence-electron chi connectivity index (χ4n) is 1.00. The van der Waals surface area contributed by atoms with E-state index >= 15 is 0 Å². The van der Waals surface area contributed by atoms with E-state index in [0.29, 0.717) is 12.1 Å². The molecule has 0 heterocycles. The Morgan fingerprint density at radius 2 is 2.09 bits per heavy atom. The van der Waals surface area contributed by atoms with E-state index in [2.05, 4.69) is 0 Å². The van der Waals surface area contributed by atoms with Crippen LogP contribution in [-0.4, -0.2) is 6.54 Å². The summed E-state index contributed by atoms with van der Waals surface area (Å²) >= 11 is 0. The highest BCUT2D eigenvalue weighted by Crippen LogP contribution is 2.16. The minimum Gasteiger partial charge on any atom is -0.330 e. The van der Waals surface area contributed by atoms with Crippen LogP contribution in [0.1, 0.15) is 18.4 Å². The van der Waals surface area contributed by atoms with E-state index < -0.39 is 0 Å². The molecule has 0 fully saturated rings. The zero-order valence-corrected chi connectivity index (χ0v) is 6.55. The highest BCUT2D eigenvalue weighted by molar-refractivity contribution is 5.21. The molecule has 1 rings (SSSR count). The van der Waals surface area contributed by atoms with Crippen LogP contribution in [0.15, 0.2) is 24.3 Å². The summed E-state index contributed by atoms with van der Waals surface area (Å²) in [6.07, 6.45) is 0. The molecule has 11 heavy (non-hydrogen) atoms. The van der Waals surface area contributed by atoms with Crippen LogP contribution in [0.25, 0.3) is 0 Å². The van der Waals surface area contributed by atoms with Crippen LogP contribution in [0.2, 0.25) is 0 Å². The molecule has 1 aromatic rings. The van der Waals surface area contributed by atoms with Crippen LogP contribution in [0.4, 0.5) is 4.39 Å². The van der Waals surface area contributed by atoms with Gasteiger partial charge in [0.15, 0.2) is 0 Å². The van der Waals surface area contributed by atoms with Crippen molar-refractivity contribution in [3.05, 3.63) is 35.6 Å². The van der Waals surface area contributed by atoms with E-state index in [9.17, 15) is 4.39 Å². The first kappa shape index (κ1) is 8.21. The Morgan fingerprint density at radius 1 is 1.45 bits per heavy atom. The summed E-state index contributed by atoms with van der Waals surface area (Å²) in [5, 5.41) is 0. The second kappa shape index (κ2) is 3.49. The molecule has 2 N–H and O–H groups in total. The monoisotopic (exact) mass is 153 g/mol. The van der Waals surface area contributed by atoms with E-state index in [4.69, 9.17) is 5.73 Å². The van der Waals surface area contributed by atoms with Gasteiger partial charge in [0, 0.05) is 0 Å². The Labute approximate surface area is 66.0 Å². The van der Waals surface area contributed by atoms with Crippen molar-refractivity contribution < 1.29 is 4.39 Å². The van der Waals surface area contributed by atoms with Gasteiger partial charge in [-0.05, 0) is 24.1 Å². The number of benzene rings is 1. The van der Waals surface area contributed by atoms with Crippen LogP contribution < -0.4 is 5.73 Å². The van der Waals surface area contributed by atoms with Crippen LogP contribution in [0.5, 0.6) is 0 Å². The maximum absolute atomic E-state index is 13.0. The van der Waals surface area contributed by atoms with E-state index in [1.165, 1.54) is 6.07 Å². The Kier molecular flexibility index (Phi) is 2.60. The van der Waals surface area contributed by atoms with Crippen molar-refractivity contribution >= 4 is 0 Å². The summed E-state index contributed by atoms with van der Waals surface area (Å²) in [6, 6.07) is 6.74. The average Bonchev–Trinajstić information content (AvgIpc) is 2.04. The maximum atomic E-state index is 13.0. The van der Waals surface area contributed by atoms with Gasteiger partial charge >= 0.3 is 0 Å². The largest absolute Gasteiger partial charge is 0.330 e. The van der Waals surface area contributed by atoms with Crippen LogP contribution in [0, 0.1) is 5.82 Å². The van der Waals surface area contributed by atoms with Crippen LogP contribution >= 0.6 is 0 Å². The molecule has 1 nitrogen and oxygen atoms in total. The molecule has 0 aliphatic carbocycles. The van der Waals surface area contributed by atoms with E-state index in [-0.39, 0.29) is 11.7 Å². The van der Waals surface area contributed by atoms with Gasteiger partial charge in [0.1, 0.15) is 5.82 Å². The smallest absolute Gasteiger partial charge is 0.126 e. The standard InChI is InChI=1S/C9H12FN/c1-7(6-11)8-4-2-3-5-9(8)10/h2-5,7H,6,11H2,1H3/t7-/m0/s1. The van der Waals surface area contributed by atoms with Gasteiger partial charge in [0.25, 0.3) is 0 Å². The molecule has 0 spiro atoms. The molecular formula is C9H12FN. The van der Waals surface area contributed by atoms with Crippen molar-refractivity contribution in [2.45, 2.75) is 12.8 Å². The molecule has 0 radical (unpaired) electrons. The highest BCUT2D eigenvalue weighted by Gasteiger charge is 2.06. The summed E-state index contributed by atoms with van der Waals surface area (Å²) in [7, 11) is 0. The molecule has 60 valence electrons. The van der Waals surface area contributed by atoms with Gasteiger partial charge < -0.3 is 5.73 Å².